The minimum atomic E-state index is -3.80. The SMILES string of the molecule is CC(=O)Nc1ccc(S(=O)(=O)N(CCOc2ccc(C)cc2)Cc2ccco2)cc1. The topological polar surface area (TPSA) is 88.9 Å². The number of hydrogen-bond donors (Lipinski definition) is 1. The molecule has 30 heavy (non-hydrogen) atoms. The van der Waals surface area contributed by atoms with Gasteiger partial charge < -0.3 is 14.5 Å². The molecule has 1 heterocycles. The molecule has 0 aliphatic heterocycles. The molecule has 1 aromatic heterocycles. The van der Waals surface area contributed by atoms with Crippen LogP contribution in [0.3, 0.4) is 0 Å². The maximum absolute atomic E-state index is 13.2. The normalized spacial score (nSPS) is 11.4. The molecule has 0 bridgehead atoms. The molecule has 3 rings (SSSR count). The van der Waals surface area contributed by atoms with Crippen molar-refractivity contribution in [3.8, 4) is 5.75 Å². The maximum atomic E-state index is 13.2. The second kappa shape index (κ2) is 9.60. The van der Waals surface area contributed by atoms with Crippen LogP contribution in [-0.2, 0) is 21.4 Å². The molecule has 0 spiro atoms. The lowest BCUT2D eigenvalue weighted by molar-refractivity contribution is -0.114. The van der Waals surface area contributed by atoms with E-state index in [1.807, 2.05) is 31.2 Å². The molecule has 1 amide bonds. The largest absolute Gasteiger partial charge is 0.492 e. The average Bonchev–Trinajstić information content (AvgIpc) is 3.22. The predicted molar refractivity (Wildman–Crippen MR) is 114 cm³/mol. The van der Waals surface area contributed by atoms with E-state index in [0.29, 0.717) is 17.2 Å². The maximum Gasteiger partial charge on any atom is 0.243 e. The second-order valence-corrected chi connectivity index (χ2v) is 8.72. The van der Waals surface area contributed by atoms with Crippen LogP contribution in [0.2, 0.25) is 0 Å². The van der Waals surface area contributed by atoms with Crippen LogP contribution in [0.1, 0.15) is 18.2 Å². The standard InChI is InChI=1S/C22H24N2O5S/c1-17-5-9-20(10-6-17)29-15-13-24(16-21-4-3-14-28-21)30(26,27)22-11-7-19(8-12-22)23-18(2)25/h3-12,14H,13,15-16H2,1-2H3,(H,23,25). The smallest absolute Gasteiger partial charge is 0.243 e. The number of sulfonamides is 1. The second-order valence-electron chi connectivity index (χ2n) is 6.79. The van der Waals surface area contributed by atoms with Gasteiger partial charge in [0.2, 0.25) is 15.9 Å². The first-order valence-corrected chi connectivity index (χ1v) is 10.9. The van der Waals surface area contributed by atoms with E-state index in [9.17, 15) is 13.2 Å². The summed E-state index contributed by atoms with van der Waals surface area (Å²) in [4.78, 5) is 11.3. The third-order valence-corrected chi connectivity index (χ3v) is 6.21. The minimum Gasteiger partial charge on any atom is -0.492 e. The fourth-order valence-electron chi connectivity index (χ4n) is 2.82. The highest BCUT2D eigenvalue weighted by Gasteiger charge is 2.25. The summed E-state index contributed by atoms with van der Waals surface area (Å²) in [7, 11) is -3.80. The lowest BCUT2D eigenvalue weighted by atomic mass is 10.2. The summed E-state index contributed by atoms with van der Waals surface area (Å²) in [5, 5.41) is 2.62. The minimum absolute atomic E-state index is 0.0834. The summed E-state index contributed by atoms with van der Waals surface area (Å²) in [5.74, 6) is 0.984. The molecular weight excluding hydrogens is 404 g/mol. The van der Waals surface area contributed by atoms with E-state index in [4.69, 9.17) is 9.15 Å². The summed E-state index contributed by atoms with van der Waals surface area (Å²) in [5.41, 5.74) is 1.65. The Morgan fingerprint density at radius 2 is 1.77 bits per heavy atom. The highest BCUT2D eigenvalue weighted by atomic mass is 32.2. The third-order valence-electron chi connectivity index (χ3n) is 4.36. The molecule has 2 aromatic carbocycles. The number of nitrogens with one attached hydrogen (secondary N) is 1. The van der Waals surface area contributed by atoms with Gasteiger partial charge in [-0.15, -0.1) is 0 Å². The summed E-state index contributed by atoms with van der Waals surface area (Å²) in [6.45, 7) is 3.79. The average molecular weight is 429 g/mol. The van der Waals surface area contributed by atoms with Crippen molar-refractivity contribution < 1.29 is 22.4 Å². The van der Waals surface area contributed by atoms with Gasteiger partial charge in [-0.1, -0.05) is 17.7 Å². The lowest BCUT2D eigenvalue weighted by Gasteiger charge is -2.21. The fourth-order valence-corrected chi connectivity index (χ4v) is 4.21. The molecule has 158 valence electrons. The van der Waals surface area contributed by atoms with E-state index in [-0.39, 0.29) is 30.5 Å². The number of carbonyl (C=O) groups is 1. The molecule has 0 aliphatic carbocycles. The first kappa shape index (κ1) is 21.6. The Bertz CT molecular complexity index is 1060. The predicted octanol–water partition coefficient (Wildman–Crippen LogP) is 3.82. The Kier molecular flexibility index (Phi) is 6.91. The van der Waals surface area contributed by atoms with Crippen molar-refractivity contribution in [2.75, 3.05) is 18.5 Å². The zero-order valence-electron chi connectivity index (χ0n) is 16.9. The van der Waals surface area contributed by atoms with Crippen molar-refractivity contribution in [2.24, 2.45) is 0 Å². The highest BCUT2D eigenvalue weighted by molar-refractivity contribution is 7.89. The quantitative estimate of drug-likeness (QED) is 0.560. The first-order valence-electron chi connectivity index (χ1n) is 9.44. The van der Waals surface area contributed by atoms with Gasteiger partial charge in [0.15, 0.2) is 0 Å². The number of rotatable bonds is 9. The highest BCUT2D eigenvalue weighted by Crippen LogP contribution is 2.21. The Morgan fingerprint density at radius 1 is 1.07 bits per heavy atom. The molecule has 0 aliphatic rings. The Balaban J connectivity index is 1.75. The van der Waals surface area contributed by atoms with Gasteiger partial charge in [-0.3, -0.25) is 4.79 Å². The van der Waals surface area contributed by atoms with Crippen LogP contribution in [0.15, 0.2) is 76.2 Å². The number of amides is 1. The summed E-state index contributed by atoms with van der Waals surface area (Å²) in [6.07, 6.45) is 1.51. The molecule has 3 aromatic rings. The molecule has 8 heteroatoms. The Hall–Kier alpha value is -3.10. The molecule has 0 fully saturated rings. The van der Waals surface area contributed by atoms with Crippen molar-refractivity contribution in [1.82, 2.24) is 4.31 Å². The van der Waals surface area contributed by atoms with Gasteiger partial charge in [0.25, 0.3) is 0 Å². The fraction of sp³-hybridized carbons (Fsp3) is 0.227. The molecule has 0 atom stereocenters. The van der Waals surface area contributed by atoms with Gasteiger partial charge in [0.1, 0.15) is 18.1 Å². The van der Waals surface area contributed by atoms with Crippen LogP contribution >= 0.6 is 0 Å². The van der Waals surface area contributed by atoms with Crippen molar-refractivity contribution in [3.05, 3.63) is 78.3 Å². The van der Waals surface area contributed by atoms with Gasteiger partial charge in [0, 0.05) is 19.2 Å². The number of benzene rings is 2. The Labute approximate surface area is 176 Å². The number of carbonyl (C=O) groups excluding carboxylic acids is 1. The van der Waals surface area contributed by atoms with E-state index in [2.05, 4.69) is 5.32 Å². The number of anilines is 1. The molecule has 0 radical (unpaired) electrons. The Morgan fingerprint density at radius 3 is 2.37 bits per heavy atom. The van der Waals surface area contributed by atoms with Gasteiger partial charge in [0.05, 0.1) is 17.7 Å². The van der Waals surface area contributed by atoms with E-state index in [1.54, 1.807) is 24.3 Å². The van der Waals surface area contributed by atoms with Crippen molar-refractivity contribution >= 4 is 21.6 Å². The number of aryl methyl sites for hydroxylation is 1. The van der Waals surface area contributed by atoms with E-state index in [1.165, 1.54) is 29.6 Å². The lowest BCUT2D eigenvalue weighted by Crippen LogP contribution is -2.34. The van der Waals surface area contributed by atoms with Crippen LogP contribution in [-0.4, -0.2) is 31.8 Å². The zero-order chi connectivity index (χ0) is 21.6. The molecule has 0 saturated heterocycles. The molecule has 7 nitrogen and oxygen atoms in total. The van der Waals surface area contributed by atoms with E-state index >= 15 is 0 Å². The molecule has 0 unspecified atom stereocenters. The van der Waals surface area contributed by atoms with Gasteiger partial charge in [-0.25, -0.2) is 8.42 Å². The van der Waals surface area contributed by atoms with Crippen molar-refractivity contribution in [3.63, 3.8) is 0 Å². The van der Waals surface area contributed by atoms with Gasteiger partial charge >= 0.3 is 0 Å². The summed E-state index contributed by atoms with van der Waals surface area (Å²) < 4.78 is 38.8. The van der Waals surface area contributed by atoms with Crippen LogP contribution in [0.25, 0.3) is 0 Å². The monoisotopic (exact) mass is 428 g/mol. The van der Waals surface area contributed by atoms with Crippen LogP contribution < -0.4 is 10.1 Å². The molecule has 1 N–H and O–H groups in total. The molecular formula is C22H24N2O5S. The number of hydrogen-bond acceptors (Lipinski definition) is 5. The van der Waals surface area contributed by atoms with Gasteiger partial charge in [-0.05, 0) is 55.5 Å². The van der Waals surface area contributed by atoms with Crippen LogP contribution in [0.4, 0.5) is 5.69 Å². The summed E-state index contributed by atoms with van der Waals surface area (Å²) in [6, 6.07) is 17.1. The van der Waals surface area contributed by atoms with Crippen LogP contribution in [0, 0.1) is 6.92 Å². The zero-order valence-corrected chi connectivity index (χ0v) is 17.7. The number of nitrogens with zero attached hydrogens (tertiary/aromatic N) is 1. The van der Waals surface area contributed by atoms with Crippen molar-refractivity contribution in [2.45, 2.75) is 25.3 Å². The van der Waals surface area contributed by atoms with Crippen LogP contribution in [0.5, 0.6) is 5.75 Å². The number of ether oxygens (including phenoxy) is 1. The third kappa shape index (κ3) is 5.71. The van der Waals surface area contributed by atoms with E-state index in [0.717, 1.165) is 5.56 Å². The summed E-state index contributed by atoms with van der Waals surface area (Å²) >= 11 is 0. The van der Waals surface area contributed by atoms with E-state index < -0.39 is 10.0 Å². The van der Waals surface area contributed by atoms with Gasteiger partial charge in [-0.2, -0.15) is 4.31 Å². The van der Waals surface area contributed by atoms with Crippen molar-refractivity contribution in [1.29, 1.82) is 0 Å². The number of furan rings is 1. The first-order chi connectivity index (χ1) is 14.3. The molecule has 0 saturated carbocycles.